The average molecular weight is 983 g/mol. The lowest BCUT2D eigenvalue weighted by atomic mass is 9.94. The molecule has 2 rings (SSSR count). The third-order valence-corrected chi connectivity index (χ3v) is 8.83. The van der Waals surface area contributed by atoms with Gasteiger partial charge in [0.05, 0.1) is 14.4 Å². The molecular formula is C23H26F24O10S2. The van der Waals surface area contributed by atoms with E-state index in [-0.39, 0.29) is 13.8 Å². The van der Waals surface area contributed by atoms with Crippen molar-refractivity contribution in [2.75, 3.05) is 40.9 Å². The maximum atomic E-state index is 14.2. The first-order valence-electron chi connectivity index (χ1n) is 13.9. The van der Waals surface area contributed by atoms with Crippen molar-refractivity contribution in [1.29, 1.82) is 0 Å². The number of alkyl halides is 22. The monoisotopic (exact) mass is 982 g/mol. The highest BCUT2D eigenvalue weighted by molar-refractivity contribution is 7.87. The summed E-state index contributed by atoms with van der Waals surface area (Å²) in [5.74, 6) is -22.7. The highest BCUT2D eigenvalue weighted by atomic mass is 32.3. The lowest BCUT2D eigenvalue weighted by molar-refractivity contribution is -0.474. The van der Waals surface area contributed by atoms with Gasteiger partial charge >= 0.3 is 73.0 Å². The third-order valence-electron chi connectivity index (χ3n) is 7.13. The van der Waals surface area contributed by atoms with Crippen LogP contribution < -0.4 is 0 Å². The molecule has 0 saturated carbocycles. The van der Waals surface area contributed by atoms with E-state index < -0.39 is 122 Å². The summed E-state index contributed by atoms with van der Waals surface area (Å²) < 4.78 is 370. The Kier molecular flexibility index (Phi) is 17.6. The second-order valence-electron chi connectivity index (χ2n) is 11.5. The Morgan fingerprint density at radius 1 is 0.542 bits per heavy atom. The predicted octanol–water partition coefficient (Wildman–Crippen LogP) is 8.22. The lowest BCUT2D eigenvalue weighted by Crippen LogP contribution is -2.62. The van der Waals surface area contributed by atoms with Crippen molar-refractivity contribution in [3.05, 3.63) is 0 Å². The summed E-state index contributed by atoms with van der Waals surface area (Å²) in [7, 11) is -14.1. The molecule has 0 aromatic carbocycles. The van der Waals surface area contributed by atoms with Crippen molar-refractivity contribution in [1.82, 2.24) is 0 Å². The van der Waals surface area contributed by atoms with E-state index in [9.17, 15) is 121 Å². The molecule has 59 heavy (non-hydrogen) atoms. The van der Waals surface area contributed by atoms with E-state index in [1.54, 1.807) is 0 Å². The van der Waals surface area contributed by atoms with Crippen molar-refractivity contribution < 1.29 is 150 Å². The van der Waals surface area contributed by atoms with E-state index in [2.05, 4.69) is 28.4 Å². The van der Waals surface area contributed by atoms with Gasteiger partial charge in [-0.05, 0) is 27.7 Å². The van der Waals surface area contributed by atoms with Gasteiger partial charge in [0.2, 0.25) is 17.2 Å². The molecule has 0 aromatic heterocycles. The molecule has 0 N–H and O–H groups in total. The molecule has 0 amide bonds. The van der Waals surface area contributed by atoms with Crippen LogP contribution in [0.5, 0.6) is 0 Å². The lowest BCUT2D eigenvalue weighted by Gasteiger charge is -2.39. The van der Waals surface area contributed by atoms with Crippen LogP contribution in [0, 0.1) is 0 Å². The Balaban J connectivity index is 0. The molecule has 0 aliphatic carbocycles. The normalized spacial score (nSPS) is 28.5. The zero-order valence-electron chi connectivity index (χ0n) is 29.3. The maximum absolute atomic E-state index is 14.2. The fourth-order valence-corrected chi connectivity index (χ4v) is 4.10. The van der Waals surface area contributed by atoms with Crippen LogP contribution >= 0.6 is 0 Å². The minimum absolute atomic E-state index is 0.114. The van der Waals surface area contributed by atoms with Crippen molar-refractivity contribution >= 4 is 20.4 Å². The Hall–Kier alpha value is -2.02. The van der Waals surface area contributed by atoms with Gasteiger partial charge in [-0.1, -0.05) is 7.77 Å². The number of hydrogen-bond donors (Lipinski definition) is 0. The molecule has 6 atom stereocenters. The summed E-state index contributed by atoms with van der Waals surface area (Å²) in [5.41, 5.74) is -7.53. The van der Waals surface area contributed by atoms with Gasteiger partial charge in [-0.15, -0.1) is 0 Å². The molecule has 0 spiro atoms. The Bertz CT molecular complexity index is 1630. The third kappa shape index (κ3) is 10.8. The first-order chi connectivity index (χ1) is 25.6. The number of ether oxygens (including phenoxy) is 6. The van der Waals surface area contributed by atoms with Crippen LogP contribution in [-0.4, -0.2) is 133 Å². The van der Waals surface area contributed by atoms with E-state index in [0.29, 0.717) is 28.2 Å². The topological polar surface area (TPSA) is 124 Å². The van der Waals surface area contributed by atoms with Crippen molar-refractivity contribution in [3.8, 4) is 0 Å². The molecule has 10 nitrogen and oxygen atoms in total. The maximum Gasteiger partial charge on any atom is 0.464 e. The molecule has 358 valence electrons. The summed E-state index contributed by atoms with van der Waals surface area (Å²) in [6.07, 6.45) is -26.3. The fraction of sp³-hybridized carbons (Fsp3) is 1.00. The van der Waals surface area contributed by atoms with E-state index >= 15 is 0 Å². The number of hydrogen-bond acceptors (Lipinski definition) is 10. The quantitative estimate of drug-likeness (QED) is 0.117. The summed E-state index contributed by atoms with van der Waals surface area (Å²) in [5, 5.41) is -13.8. The Labute approximate surface area is 314 Å². The van der Waals surface area contributed by atoms with Gasteiger partial charge < -0.3 is 14.2 Å². The smallest absolute Gasteiger partial charge is 0.341 e. The fourth-order valence-electron chi connectivity index (χ4n) is 3.45. The molecule has 2 aliphatic heterocycles. The van der Waals surface area contributed by atoms with E-state index in [4.69, 9.17) is 0 Å². The zero-order chi connectivity index (χ0) is 48.6. The minimum atomic E-state index is -7.59. The molecule has 0 radical (unpaired) electrons. The molecule has 2 fully saturated rings. The molecule has 2 aliphatic rings. The van der Waals surface area contributed by atoms with Crippen LogP contribution in [-0.2, 0) is 48.9 Å². The van der Waals surface area contributed by atoms with Crippen LogP contribution in [0.1, 0.15) is 27.7 Å². The summed E-state index contributed by atoms with van der Waals surface area (Å²) in [6.45, 7) is -8.57. The zero-order valence-corrected chi connectivity index (χ0v) is 30.9. The largest absolute Gasteiger partial charge is 0.464 e. The number of rotatable bonds is 15. The van der Waals surface area contributed by atoms with Gasteiger partial charge in [0.1, 0.15) is 26.6 Å². The van der Waals surface area contributed by atoms with Crippen molar-refractivity contribution in [2.24, 2.45) is 0 Å². The molecular weight excluding hydrogens is 956 g/mol. The van der Waals surface area contributed by atoms with Crippen LogP contribution in [0.2, 0.25) is 0 Å². The van der Waals surface area contributed by atoms with Crippen LogP contribution in [0.4, 0.5) is 104 Å². The predicted molar refractivity (Wildman–Crippen MR) is 140 cm³/mol. The van der Waals surface area contributed by atoms with Crippen molar-refractivity contribution in [3.63, 3.8) is 0 Å². The molecule has 36 heteroatoms. The Morgan fingerprint density at radius 3 is 1.07 bits per heavy atom. The van der Waals surface area contributed by atoms with Gasteiger partial charge in [-0.3, -0.25) is 13.5 Å². The SMILES string of the molecule is CC(F)(CF)C(F)(F)C1(C)OCC(F)(C(F)(F)OC(F)(F)C(F)(F)S(=O)(=O)F)O1.CC(F)(CF)C1(C)OCC(F)(C(F)(F)OC(F)(F)C(F)(F)S(=O)(=O)F)O1.CF.CF. The van der Waals surface area contributed by atoms with Crippen molar-refractivity contribution in [2.45, 2.75) is 103 Å². The van der Waals surface area contributed by atoms with E-state index in [1.165, 1.54) is 0 Å². The Morgan fingerprint density at radius 2 is 0.814 bits per heavy atom. The van der Waals surface area contributed by atoms with Crippen LogP contribution in [0.3, 0.4) is 0 Å². The van der Waals surface area contributed by atoms with Crippen LogP contribution in [0.15, 0.2) is 0 Å². The first kappa shape index (κ1) is 59.1. The minimum Gasteiger partial charge on any atom is -0.341 e. The molecule has 6 unspecified atom stereocenters. The second kappa shape index (κ2) is 17.6. The highest BCUT2D eigenvalue weighted by Gasteiger charge is 2.80. The second-order valence-corrected chi connectivity index (χ2v) is 14.3. The van der Waals surface area contributed by atoms with Gasteiger partial charge in [0.25, 0.3) is 0 Å². The molecule has 0 aromatic rings. The molecule has 2 heterocycles. The summed E-state index contributed by atoms with van der Waals surface area (Å²) >= 11 is 0. The van der Waals surface area contributed by atoms with E-state index in [0.717, 1.165) is 0 Å². The molecule has 0 bridgehead atoms. The molecule has 2 saturated heterocycles. The summed E-state index contributed by atoms with van der Waals surface area (Å²) in [6, 6.07) is 0. The standard InChI is InChI=1S/C11H10F12O5S.C10H10F10O5S.2CH3F/c1-5(13,3-12)8(15,16)6(2)26-4-7(14,27-6)9(17,18)28-10(19,20)11(21,22)29(23,24)25;1-5(12,3-11)6(2)23-4-7(13,24-6)8(14,15)25-9(16,17)10(18,19)26(20,21)22;2*1-2/h3-4H2,1-2H3;3-4H2,1-2H3;2*1H3. The van der Waals surface area contributed by atoms with Gasteiger partial charge in [-0.25, -0.2) is 27.0 Å². The first-order valence-corrected chi connectivity index (χ1v) is 16.6. The van der Waals surface area contributed by atoms with Crippen LogP contribution in [0.25, 0.3) is 0 Å². The number of halogens is 24. The highest BCUT2D eigenvalue weighted by Crippen LogP contribution is 2.56. The van der Waals surface area contributed by atoms with Gasteiger partial charge in [0.15, 0.2) is 5.67 Å². The average Bonchev–Trinajstić information content (AvgIpc) is 3.59. The van der Waals surface area contributed by atoms with E-state index in [1.807, 2.05) is 0 Å². The summed E-state index contributed by atoms with van der Waals surface area (Å²) in [4.78, 5) is 0. The van der Waals surface area contributed by atoms with Gasteiger partial charge in [-0.2, -0.15) is 87.1 Å². The van der Waals surface area contributed by atoms with Gasteiger partial charge in [0, 0.05) is 0 Å².